The van der Waals surface area contributed by atoms with Gasteiger partial charge in [0.05, 0.1) is 45.1 Å². The molecule has 0 aromatic heterocycles. The Morgan fingerprint density at radius 3 is 1.48 bits per heavy atom. The highest BCUT2D eigenvalue weighted by Crippen LogP contribution is 2.31. The Kier molecular flexibility index (Phi) is 7.36. The van der Waals surface area contributed by atoms with Crippen molar-refractivity contribution in [2.45, 2.75) is 39.3 Å². The van der Waals surface area contributed by atoms with Gasteiger partial charge in [0.15, 0.2) is 12.6 Å². The van der Waals surface area contributed by atoms with Gasteiger partial charge in [0.2, 0.25) is 0 Å². The van der Waals surface area contributed by atoms with E-state index in [0.717, 1.165) is 26.1 Å². The molecule has 0 aromatic carbocycles. The van der Waals surface area contributed by atoms with Crippen LogP contribution in [0.2, 0.25) is 0 Å². The summed E-state index contributed by atoms with van der Waals surface area (Å²) in [4.78, 5) is 0. The summed E-state index contributed by atoms with van der Waals surface area (Å²) < 4.78 is 33.7. The van der Waals surface area contributed by atoms with E-state index in [0.29, 0.717) is 39.6 Å². The maximum Gasteiger partial charge on any atom is 0.159 e. The Morgan fingerprint density at radius 1 is 0.762 bits per heavy atom. The molecule has 0 aliphatic carbocycles. The third kappa shape index (κ3) is 5.47. The maximum absolute atomic E-state index is 5.76. The summed E-state index contributed by atoms with van der Waals surface area (Å²) in [7, 11) is 0. The standard InChI is InChI=1S/C15H28O6/c1-3-16-7-5-13-18-9-15(10-19-13)11-20-14(21-12-15)6-8-17-4-2/h13-14H,3-12H2,1-2H3. The second-order valence-corrected chi connectivity index (χ2v) is 5.57. The van der Waals surface area contributed by atoms with Gasteiger partial charge in [-0.1, -0.05) is 0 Å². The summed E-state index contributed by atoms with van der Waals surface area (Å²) >= 11 is 0. The van der Waals surface area contributed by atoms with Crippen LogP contribution in [0.25, 0.3) is 0 Å². The van der Waals surface area contributed by atoms with Gasteiger partial charge < -0.3 is 28.4 Å². The van der Waals surface area contributed by atoms with Crippen molar-refractivity contribution in [3.8, 4) is 0 Å². The molecule has 0 radical (unpaired) electrons. The van der Waals surface area contributed by atoms with Gasteiger partial charge in [-0.15, -0.1) is 0 Å². The Hall–Kier alpha value is -0.240. The molecule has 124 valence electrons. The number of hydrogen-bond acceptors (Lipinski definition) is 6. The summed E-state index contributed by atoms with van der Waals surface area (Å²) in [5, 5.41) is 0. The van der Waals surface area contributed by atoms with E-state index >= 15 is 0 Å². The van der Waals surface area contributed by atoms with Crippen molar-refractivity contribution >= 4 is 0 Å². The summed E-state index contributed by atoms with van der Waals surface area (Å²) in [6.07, 6.45) is 1.20. The van der Waals surface area contributed by atoms with Gasteiger partial charge in [-0.2, -0.15) is 0 Å². The molecular weight excluding hydrogens is 276 g/mol. The van der Waals surface area contributed by atoms with Gasteiger partial charge >= 0.3 is 0 Å². The van der Waals surface area contributed by atoms with Crippen LogP contribution < -0.4 is 0 Å². The van der Waals surface area contributed by atoms with E-state index in [1.165, 1.54) is 0 Å². The molecule has 2 rings (SSSR count). The first-order valence-electron chi connectivity index (χ1n) is 7.90. The van der Waals surface area contributed by atoms with Crippen LogP contribution in [-0.4, -0.2) is 65.4 Å². The quantitative estimate of drug-likeness (QED) is 0.635. The van der Waals surface area contributed by atoms with Crippen molar-refractivity contribution in [1.82, 2.24) is 0 Å². The molecule has 2 aliphatic rings. The minimum absolute atomic E-state index is 0.162. The highest BCUT2D eigenvalue weighted by atomic mass is 16.7. The van der Waals surface area contributed by atoms with E-state index in [1.807, 2.05) is 13.8 Å². The summed E-state index contributed by atoms with van der Waals surface area (Å²) in [6.45, 7) is 9.20. The van der Waals surface area contributed by atoms with Crippen LogP contribution in [0.4, 0.5) is 0 Å². The molecule has 0 unspecified atom stereocenters. The first-order chi connectivity index (χ1) is 10.3. The highest BCUT2D eigenvalue weighted by molar-refractivity contribution is 4.84. The molecule has 2 saturated heterocycles. The highest BCUT2D eigenvalue weighted by Gasteiger charge is 2.41. The van der Waals surface area contributed by atoms with Gasteiger partial charge in [0, 0.05) is 26.1 Å². The normalized spacial score (nSPS) is 33.4. The van der Waals surface area contributed by atoms with E-state index in [2.05, 4.69) is 0 Å². The van der Waals surface area contributed by atoms with Crippen LogP contribution >= 0.6 is 0 Å². The van der Waals surface area contributed by atoms with Crippen LogP contribution in [0.15, 0.2) is 0 Å². The minimum Gasteiger partial charge on any atom is -0.382 e. The molecule has 0 bridgehead atoms. The van der Waals surface area contributed by atoms with Gasteiger partial charge in [-0.25, -0.2) is 0 Å². The summed E-state index contributed by atoms with van der Waals surface area (Å²) in [5.74, 6) is 0. The van der Waals surface area contributed by atoms with E-state index < -0.39 is 0 Å². The topological polar surface area (TPSA) is 55.4 Å². The molecule has 1 spiro atoms. The SMILES string of the molecule is CCOCCC1OCC2(CO1)COC(CCOCC)OC2. The molecule has 0 N–H and O–H groups in total. The first-order valence-corrected chi connectivity index (χ1v) is 7.90. The smallest absolute Gasteiger partial charge is 0.159 e. The van der Waals surface area contributed by atoms with Crippen LogP contribution in [-0.2, 0) is 28.4 Å². The predicted octanol–water partition coefficient (Wildman–Crippen LogP) is 1.57. The lowest BCUT2D eigenvalue weighted by Crippen LogP contribution is -2.52. The molecule has 0 aromatic rings. The molecule has 2 fully saturated rings. The van der Waals surface area contributed by atoms with Gasteiger partial charge in [-0.3, -0.25) is 0 Å². The fourth-order valence-corrected chi connectivity index (χ4v) is 2.41. The van der Waals surface area contributed by atoms with Crippen LogP contribution in [0, 0.1) is 5.41 Å². The lowest BCUT2D eigenvalue weighted by atomic mass is 9.90. The molecule has 0 saturated carbocycles. The summed E-state index contributed by atoms with van der Waals surface area (Å²) in [5.41, 5.74) is -0.162. The van der Waals surface area contributed by atoms with Crippen molar-refractivity contribution in [3.63, 3.8) is 0 Å². The second-order valence-electron chi connectivity index (χ2n) is 5.57. The van der Waals surface area contributed by atoms with Crippen molar-refractivity contribution < 1.29 is 28.4 Å². The molecular formula is C15H28O6. The Bertz CT molecular complexity index is 238. The van der Waals surface area contributed by atoms with Crippen LogP contribution in [0.5, 0.6) is 0 Å². The van der Waals surface area contributed by atoms with Crippen LogP contribution in [0.3, 0.4) is 0 Å². The van der Waals surface area contributed by atoms with Crippen molar-refractivity contribution in [2.75, 3.05) is 52.9 Å². The van der Waals surface area contributed by atoms with Crippen molar-refractivity contribution in [3.05, 3.63) is 0 Å². The predicted molar refractivity (Wildman–Crippen MR) is 76.0 cm³/mol. The molecule has 0 atom stereocenters. The zero-order valence-electron chi connectivity index (χ0n) is 13.2. The molecule has 2 aliphatic heterocycles. The average Bonchev–Trinajstić information content (AvgIpc) is 2.52. The molecule has 6 nitrogen and oxygen atoms in total. The Labute approximate surface area is 127 Å². The first kappa shape index (κ1) is 17.1. The molecule has 21 heavy (non-hydrogen) atoms. The van der Waals surface area contributed by atoms with Gasteiger partial charge in [0.25, 0.3) is 0 Å². The number of ether oxygens (including phenoxy) is 6. The Morgan fingerprint density at radius 2 is 1.14 bits per heavy atom. The molecule has 6 heteroatoms. The van der Waals surface area contributed by atoms with Gasteiger partial charge in [-0.05, 0) is 13.8 Å². The third-order valence-corrected chi connectivity index (χ3v) is 3.71. The van der Waals surface area contributed by atoms with Crippen LogP contribution in [0.1, 0.15) is 26.7 Å². The number of hydrogen-bond donors (Lipinski definition) is 0. The van der Waals surface area contributed by atoms with Gasteiger partial charge in [0.1, 0.15) is 0 Å². The lowest BCUT2D eigenvalue weighted by Gasteiger charge is -2.43. The number of rotatable bonds is 8. The fourth-order valence-electron chi connectivity index (χ4n) is 2.41. The second kappa shape index (κ2) is 9.02. The zero-order chi connectivity index (χ0) is 15.0. The fraction of sp³-hybridized carbons (Fsp3) is 1.00. The lowest BCUT2D eigenvalue weighted by molar-refractivity contribution is -0.305. The molecule has 2 heterocycles. The monoisotopic (exact) mass is 304 g/mol. The third-order valence-electron chi connectivity index (χ3n) is 3.71. The zero-order valence-corrected chi connectivity index (χ0v) is 13.2. The van der Waals surface area contributed by atoms with E-state index in [1.54, 1.807) is 0 Å². The minimum atomic E-state index is -0.169. The summed E-state index contributed by atoms with van der Waals surface area (Å²) in [6, 6.07) is 0. The van der Waals surface area contributed by atoms with E-state index in [-0.39, 0.29) is 18.0 Å². The van der Waals surface area contributed by atoms with Crippen molar-refractivity contribution in [1.29, 1.82) is 0 Å². The Balaban J connectivity index is 1.63. The van der Waals surface area contributed by atoms with Crippen molar-refractivity contribution in [2.24, 2.45) is 5.41 Å². The van der Waals surface area contributed by atoms with E-state index in [9.17, 15) is 0 Å². The average molecular weight is 304 g/mol. The maximum atomic E-state index is 5.76. The molecule has 0 amide bonds. The van der Waals surface area contributed by atoms with E-state index in [4.69, 9.17) is 28.4 Å². The largest absolute Gasteiger partial charge is 0.382 e.